The van der Waals surface area contributed by atoms with E-state index in [9.17, 15) is 9.18 Å². The molecule has 0 N–H and O–H groups in total. The molecule has 45 heavy (non-hydrogen) atoms. The fraction of sp³-hybridized carbons (Fsp3) is 0.471. The van der Waals surface area contributed by atoms with E-state index in [0.717, 1.165) is 53.5 Å². The lowest BCUT2D eigenvalue weighted by Crippen LogP contribution is -2.57. The monoisotopic (exact) mass is 630 g/mol. The van der Waals surface area contributed by atoms with Crippen molar-refractivity contribution >= 4 is 34.1 Å². The lowest BCUT2D eigenvalue weighted by Gasteiger charge is -2.40. The molecule has 1 aromatic heterocycles. The van der Waals surface area contributed by atoms with Gasteiger partial charge < -0.3 is 24.1 Å². The van der Waals surface area contributed by atoms with Crippen LogP contribution in [-0.2, 0) is 22.6 Å². The molecule has 3 fully saturated rings. The number of amides is 1. The maximum absolute atomic E-state index is 13.9. The third-order valence-electron chi connectivity index (χ3n) is 9.95. The molecule has 0 aliphatic carbocycles. The van der Waals surface area contributed by atoms with Crippen LogP contribution in [0, 0.1) is 6.57 Å². The third kappa shape index (κ3) is 5.51. The quantitative estimate of drug-likeness (QED) is 0.251. The first-order valence-electron chi connectivity index (χ1n) is 15.7. The number of carbonyl (C=O) groups is 1. The van der Waals surface area contributed by atoms with Crippen LogP contribution in [-0.4, -0.2) is 83.1 Å². The summed E-state index contributed by atoms with van der Waals surface area (Å²) in [4.78, 5) is 32.0. The van der Waals surface area contributed by atoms with Gasteiger partial charge in [-0.15, -0.1) is 0 Å². The summed E-state index contributed by atoms with van der Waals surface area (Å²) < 4.78 is 26.8. The first-order valence-corrected chi connectivity index (χ1v) is 16.0. The average Bonchev–Trinajstić information content (AvgIpc) is 3.63. The van der Waals surface area contributed by atoms with Gasteiger partial charge in [0.1, 0.15) is 18.5 Å². The molecule has 4 aliphatic heterocycles. The van der Waals surface area contributed by atoms with Crippen LogP contribution in [0.5, 0.6) is 6.01 Å². The summed E-state index contributed by atoms with van der Waals surface area (Å²) in [5.41, 5.74) is 2.75. The predicted molar refractivity (Wildman–Crippen MR) is 170 cm³/mol. The number of anilines is 1. The third-order valence-corrected chi connectivity index (χ3v) is 10.3. The fourth-order valence-corrected chi connectivity index (χ4v) is 8.03. The minimum Gasteiger partial charge on any atom is -0.461 e. The second-order valence-electron chi connectivity index (χ2n) is 12.5. The topological polar surface area (TPSA) is 75.4 Å². The minimum atomic E-state index is -1.02. The Bertz CT molecular complexity index is 1680. The summed E-state index contributed by atoms with van der Waals surface area (Å²) in [5, 5.41) is 2.70. The van der Waals surface area contributed by atoms with Gasteiger partial charge >= 0.3 is 6.01 Å². The van der Waals surface area contributed by atoms with Crippen molar-refractivity contribution in [3.05, 3.63) is 82.1 Å². The van der Waals surface area contributed by atoms with Crippen LogP contribution in [0.4, 0.5) is 10.2 Å². The Kier molecular flexibility index (Phi) is 8.11. The highest BCUT2D eigenvalue weighted by atomic mass is 35.5. The van der Waals surface area contributed by atoms with Gasteiger partial charge in [-0.05, 0) is 55.8 Å². The second kappa shape index (κ2) is 12.2. The zero-order chi connectivity index (χ0) is 31.1. The Hall–Kier alpha value is -3.78. The van der Waals surface area contributed by atoms with Gasteiger partial charge in [-0.25, -0.2) is 11.0 Å². The SMILES string of the molecule is [C-]#[N+]C[C@@H]1CN(c2nc(OCC34CCCN3CCC4)nc3c2COC(c2cccc4cccc(Cl)c24)C3)CCN1C(=O)C(=C)F. The molecular weight excluding hydrogens is 595 g/mol. The molecule has 234 valence electrons. The Morgan fingerprint density at radius 3 is 2.69 bits per heavy atom. The number of aromatic nitrogens is 2. The molecule has 3 saturated heterocycles. The van der Waals surface area contributed by atoms with Crippen LogP contribution in [0.1, 0.15) is 48.6 Å². The van der Waals surface area contributed by atoms with Crippen molar-refractivity contribution in [3.8, 4) is 6.01 Å². The van der Waals surface area contributed by atoms with Crippen LogP contribution in [0.25, 0.3) is 15.6 Å². The molecule has 1 amide bonds. The van der Waals surface area contributed by atoms with Gasteiger partial charge in [-0.3, -0.25) is 9.69 Å². The highest BCUT2D eigenvalue weighted by Gasteiger charge is 2.45. The standard InChI is InChI=1S/C34H36ClFN6O3/c1-22(36)32(43)42-16-15-40(19-24(42)18-37-2)31-26-20-44-29(25-9-3-7-23-8-4-10-27(35)30(23)25)17-28(26)38-33(39-31)45-21-34-11-5-13-41(34)14-6-12-34/h3-4,7-10,24,29H,1,5-6,11-21H2/t24-,29?/m1/s1. The predicted octanol–water partition coefficient (Wildman–Crippen LogP) is 5.52. The van der Waals surface area contributed by atoms with E-state index >= 15 is 0 Å². The van der Waals surface area contributed by atoms with Crippen molar-refractivity contribution in [3.63, 3.8) is 0 Å². The summed E-state index contributed by atoms with van der Waals surface area (Å²) in [7, 11) is 0. The van der Waals surface area contributed by atoms with E-state index in [1.54, 1.807) is 0 Å². The van der Waals surface area contributed by atoms with Crippen molar-refractivity contribution in [2.45, 2.75) is 56.4 Å². The summed E-state index contributed by atoms with van der Waals surface area (Å²) in [5.74, 6) is -1.11. The molecule has 11 heteroatoms. The van der Waals surface area contributed by atoms with Crippen molar-refractivity contribution in [1.29, 1.82) is 0 Å². The van der Waals surface area contributed by atoms with E-state index in [-0.39, 0.29) is 31.3 Å². The van der Waals surface area contributed by atoms with Crippen LogP contribution in [0.2, 0.25) is 5.02 Å². The first-order chi connectivity index (χ1) is 21.9. The van der Waals surface area contributed by atoms with Crippen molar-refractivity contribution in [2.75, 3.05) is 50.8 Å². The van der Waals surface area contributed by atoms with E-state index in [0.29, 0.717) is 43.0 Å². The summed E-state index contributed by atoms with van der Waals surface area (Å²) in [6.07, 6.45) is 4.80. The Balaban J connectivity index is 1.23. The molecule has 2 aromatic carbocycles. The highest BCUT2D eigenvalue weighted by molar-refractivity contribution is 6.35. The maximum Gasteiger partial charge on any atom is 0.318 e. The maximum atomic E-state index is 13.9. The van der Waals surface area contributed by atoms with E-state index in [4.69, 9.17) is 37.6 Å². The van der Waals surface area contributed by atoms with Crippen molar-refractivity contribution < 1.29 is 18.7 Å². The van der Waals surface area contributed by atoms with Gasteiger partial charge in [-0.1, -0.05) is 48.5 Å². The molecule has 5 heterocycles. The van der Waals surface area contributed by atoms with Crippen LogP contribution < -0.4 is 9.64 Å². The summed E-state index contributed by atoms with van der Waals surface area (Å²) >= 11 is 6.68. The van der Waals surface area contributed by atoms with Gasteiger partial charge in [0.15, 0.2) is 5.83 Å². The molecule has 0 saturated carbocycles. The van der Waals surface area contributed by atoms with E-state index in [2.05, 4.69) is 27.3 Å². The molecular formula is C34H36ClFN6O3. The average molecular weight is 631 g/mol. The Labute approximate surface area is 267 Å². The fourth-order valence-electron chi connectivity index (χ4n) is 7.74. The number of piperazine rings is 1. The molecule has 7 rings (SSSR count). The van der Waals surface area contributed by atoms with E-state index < -0.39 is 17.8 Å². The molecule has 3 aromatic rings. The molecule has 4 aliphatic rings. The van der Waals surface area contributed by atoms with E-state index in [1.807, 2.05) is 30.3 Å². The zero-order valence-corrected chi connectivity index (χ0v) is 25.9. The van der Waals surface area contributed by atoms with Gasteiger partial charge in [0, 0.05) is 42.0 Å². The Morgan fingerprint density at radius 2 is 1.93 bits per heavy atom. The largest absolute Gasteiger partial charge is 0.461 e. The molecule has 1 unspecified atom stereocenters. The molecule has 0 bridgehead atoms. The number of hydrogen-bond donors (Lipinski definition) is 0. The van der Waals surface area contributed by atoms with Crippen molar-refractivity contribution in [1.82, 2.24) is 19.8 Å². The number of rotatable bonds is 7. The highest BCUT2D eigenvalue weighted by Crippen LogP contribution is 2.41. The molecule has 0 radical (unpaired) electrons. The molecule has 9 nitrogen and oxygen atoms in total. The summed E-state index contributed by atoms with van der Waals surface area (Å²) in [6, 6.07) is 11.8. The number of carbonyl (C=O) groups excluding carboxylic acids is 1. The van der Waals surface area contributed by atoms with Crippen LogP contribution in [0.15, 0.2) is 48.8 Å². The number of benzene rings is 2. The van der Waals surface area contributed by atoms with Gasteiger partial charge in [-0.2, -0.15) is 9.97 Å². The number of nitrogens with zero attached hydrogens (tertiary/aromatic N) is 6. The van der Waals surface area contributed by atoms with Gasteiger partial charge in [0.05, 0.1) is 23.9 Å². The lowest BCUT2D eigenvalue weighted by atomic mass is 9.94. The summed E-state index contributed by atoms with van der Waals surface area (Å²) in [6.45, 7) is 14.7. The first kappa shape index (κ1) is 29.9. The van der Waals surface area contributed by atoms with Gasteiger partial charge in [0.2, 0.25) is 6.54 Å². The molecule has 2 atom stereocenters. The smallest absolute Gasteiger partial charge is 0.318 e. The zero-order valence-electron chi connectivity index (χ0n) is 25.2. The number of hydrogen-bond acceptors (Lipinski definition) is 7. The lowest BCUT2D eigenvalue weighted by molar-refractivity contribution is -0.131. The normalized spacial score (nSPS) is 22.6. The number of ether oxygens (including phenoxy) is 2. The Morgan fingerprint density at radius 1 is 1.16 bits per heavy atom. The number of halogens is 2. The van der Waals surface area contributed by atoms with Gasteiger partial charge in [0.25, 0.3) is 5.91 Å². The number of fused-ring (bicyclic) bond motifs is 3. The second-order valence-corrected chi connectivity index (χ2v) is 12.9. The molecule has 0 spiro atoms. The minimum absolute atomic E-state index is 0.0340. The van der Waals surface area contributed by atoms with E-state index in [1.165, 1.54) is 17.7 Å². The van der Waals surface area contributed by atoms with Crippen LogP contribution >= 0.6 is 11.6 Å². The van der Waals surface area contributed by atoms with Crippen molar-refractivity contribution in [2.24, 2.45) is 0 Å². The van der Waals surface area contributed by atoms with Crippen LogP contribution in [0.3, 0.4) is 0 Å².